The van der Waals surface area contributed by atoms with E-state index < -0.39 is 52.3 Å². The van der Waals surface area contributed by atoms with Crippen molar-refractivity contribution in [1.29, 1.82) is 0 Å². The van der Waals surface area contributed by atoms with Crippen molar-refractivity contribution in [3.8, 4) is 45.6 Å². The fourth-order valence-corrected chi connectivity index (χ4v) is 14.6. The Morgan fingerprint density at radius 1 is 0.505 bits per heavy atom. The minimum atomic E-state index is -4.74. The van der Waals surface area contributed by atoms with E-state index in [1.165, 1.54) is 60.7 Å². The predicted molar refractivity (Wildman–Crippen MR) is 374 cm³/mol. The molecule has 1 aliphatic rings. The van der Waals surface area contributed by atoms with Gasteiger partial charge in [-0.25, -0.2) is 0 Å². The second-order valence-electron chi connectivity index (χ2n) is 25.5. The number of carbonyl (C=O) groups excluding carboxylic acids is 2. The number of rotatable bonds is 34. The van der Waals surface area contributed by atoms with Gasteiger partial charge in [0.15, 0.2) is 0 Å². The lowest BCUT2D eigenvalue weighted by Crippen LogP contribution is -2.37. The van der Waals surface area contributed by atoms with E-state index in [9.17, 15) is 71.7 Å². The third kappa shape index (κ3) is 20.0. The first-order valence-electron chi connectivity index (χ1n) is 32.7. The number of nitrogens with one attached hydrogen (secondary N) is 2. The maximum atomic E-state index is 14.9. The Kier molecular flexibility index (Phi) is 25.9. The van der Waals surface area contributed by atoms with Crippen LogP contribution in [0, 0.1) is 11.8 Å². The summed E-state index contributed by atoms with van der Waals surface area (Å²) in [6, 6.07) is 18.4. The zero-order valence-corrected chi connectivity index (χ0v) is 59.7. The summed E-state index contributed by atoms with van der Waals surface area (Å²) < 4.78 is 153. The monoisotopic (exact) mass is 1410 g/mol. The highest BCUT2D eigenvalue weighted by Gasteiger charge is 2.36. The minimum Gasteiger partial charge on any atom is -0.508 e. The van der Waals surface area contributed by atoms with Crippen molar-refractivity contribution in [3.63, 3.8) is 0 Å². The number of phenolic OH excluding ortho intramolecular Hbond substituents is 2. The summed E-state index contributed by atoms with van der Waals surface area (Å²) in [6.07, 6.45) is 11.5. The van der Waals surface area contributed by atoms with Gasteiger partial charge in [-0.05, 0) is 232 Å². The molecular formula is C73H90N2O18S4. The number of aryl methyl sites for hydroxylation is 4. The lowest BCUT2D eigenvalue weighted by molar-refractivity contribution is 0.0958. The Bertz CT molecular complexity index is 4630. The molecule has 0 saturated heterocycles. The first-order valence-corrected chi connectivity index (χ1v) is 38.5. The predicted octanol–water partition coefficient (Wildman–Crippen LogP) is 14.3. The number of unbranched alkanes of at least 4 members (excludes halogenated alkanes) is 10. The maximum absolute atomic E-state index is 14.9. The van der Waals surface area contributed by atoms with Gasteiger partial charge in [-0.15, -0.1) is 0 Å². The van der Waals surface area contributed by atoms with Crippen LogP contribution in [0.25, 0.3) is 23.3 Å². The Morgan fingerprint density at radius 3 is 1.25 bits per heavy atom. The number of amides is 2. The molecule has 524 valence electrons. The van der Waals surface area contributed by atoms with Gasteiger partial charge < -0.3 is 30.3 Å². The first-order chi connectivity index (χ1) is 45.5. The zero-order valence-electron chi connectivity index (χ0n) is 56.5. The average Bonchev–Trinajstić information content (AvgIpc) is 1.10. The molecule has 0 heterocycles. The molecule has 1 unspecified atom stereocenters. The van der Waals surface area contributed by atoms with Crippen LogP contribution in [0.2, 0.25) is 0 Å². The van der Waals surface area contributed by atoms with E-state index in [2.05, 4.69) is 17.2 Å². The van der Waals surface area contributed by atoms with Crippen LogP contribution in [0.1, 0.15) is 193 Å². The molecule has 0 spiro atoms. The van der Waals surface area contributed by atoms with Gasteiger partial charge in [-0.2, -0.15) is 33.7 Å². The number of carbonyl (C=O) groups is 2. The fraction of sp³-hybridized carbons (Fsp3) is 0.397. The molecule has 0 saturated carbocycles. The van der Waals surface area contributed by atoms with Gasteiger partial charge in [0.25, 0.3) is 52.3 Å². The van der Waals surface area contributed by atoms with Gasteiger partial charge in [0.05, 0.1) is 25.1 Å². The molecule has 2 amide bonds. The van der Waals surface area contributed by atoms with Crippen molar-refractivity contribution < 1.29 is 81.2 Å². The second kappa shape index (κ2) is 32.8. The molecule has 24 heteroatoms. The zero-order chi connectivity index (χ0) is 71.5. The largest absolute Gasteiger partial charge is 0.508 e. The first kappa shape index (κ1) is 76.7. The summed E-state index contributed by atoms with van der Waals surface area (Å²) in [4.78, 5) is 28.1. The number of aromatic hydroxyl groups is 2. The van der Waals surface area contributed by atoms with Crippen LogP contribution in [0.5, 0.6) is 34.5 Å². The van der Waals surface area contributed by atoms with Crippen LogP contribution in [-0.2, 0) is 79.0 Å². The standard InChI is InChI=1S/C73H90N2O18S4/c1-11-57-58(12-2)69(65(42-60(57)72(78)74-43-44(3)4)92-63-35-31-55(96(86,87)88)39-51(63)27-23-19-15-13-17-21-25-49-37-53(94(80,81)82)29-33-61(49)76)70-66(41-59(47(9)67(70)45(5)6)73(79)75-71-48(10)68(71)46(7)8)93-64-36-32-56(97(89,90)91)40-52(64)28-24-20-16-14-18-22-26-50-38-54(95(83,84)85)30-34-62(50)77/h29-43,46,48,76-77H,9,11-28H2,1-8,10H3,(H,74,78)(H,75,79)(H,80,81,82)(H,83,84,85)(H,86,87,88)(H,89,90,91). The second-order valence-corrected chi connectivity index (χ2v) is 31.2. The highest BCUT2D eigenvalue weighted by atomic mass is 32.2. The van der Waals surface area contributed by atoms with E-state index >= 15 is 0 Å². The summed E-state index contributed by atoms with van der Waals surface area (Å²) in [5.41, 5.74) is 7.49. The SMILES string of the molecule is C=c1c(C(=O)NC2=C(C(C)C)C2C)cc(Oc2ccc(S(=O)(=O)O)cc2CCCCCCCCc2cc(S(=O)(=O)O)ccc2O)c(-c2c(Oc3ccc(S(=O)(=O)O)cc3CCCCCCCCc3cc(S(=O)(=O)O)ccc3O)cc(C(=O)NC=C(C)C)c(CC)c2CC)c1=C(C)C. The van der Waals surface area contributed by atoms with Crippen molar-refractivity contribution in [1.82, 2.24) is 10.6 Å². The van der Waals surface area contributed by atoms with Crippen molar-refractivity contribution in [2.24, 2.45) is 11.8 Å². The number of allylic oxidation sites excluding steroid dienone is 3. The molecule has 6 aromatic rings. The number of ether oxygens (including phenoxy) is 2. The fourth-order valence-electron chi connectivity index (χ4n) is 12.5. The van der Waals surface area contributed by atoms with E-state index in [0.29, 0.717) is 125 Å². The molecule has 0 aliphatic heterocycles. The summed E-state index contributed by atoms with van der Waals surface area (Å²) in [5.74, 6) is -0.298. The average molecular weight is 1410 g/mol. The van der Waals surface area contributed by atoms with E-state index in [4.69, 9.17) is 9.47 Å². The summed E-state index contributed by atoms with van der Waals surface area (Å²) >= 11 is 0. The number of hydrogen-bond donors (Lipinski definition) is 8. The highest BCUT2D eigenvalue weighted by molar-refractivity contribution is 7.86. The summed E-state index contributed by atoms with van der Waals surface area (Å²) in [7, 11) is -18.4. The van der Waals surface area contributed by atoms with Gasteiger partial charge in [-0.1, -0.05) is 104 Å². The molecule has 7 rings (SSSR count). The van der Waals surface area contributed by atoms with Crippen molar-refractivity contribution in [2.75, 3.05) is 0 Å². The Morgan fingerprint density at radius 2 is 0.876 bits per heavy atom. The summed E-state index contributed by atoms with van der Waals surface area (Å²) in [6.45, 7) is 21.9. The molecule has 6 aromatic carbocycles. The molecule has 20 nitrogen and oxygen atoms in total. The molecule has 97 heavy (non-hydrogen) atoms. The van der Waals surface area contributed by atoms with Gasteiger partial charge >= 0.3 is 0 Å². The van der Waals surface area contributed by atoms with E-state index in [1.807, 2.05) is 62.3 Å². The van der Waals surface area contributed by atoms with Crippen LogP contribution in [-0.4, -0.2) is 73.9 Å². The van der Waals surface area contributed by atoms with Crippen LogP contribution in [0.15, 0.2) is 128 Å². The minimum absolute atomic E-state index is 0.0222. The molecule has 1 atom stereocenters. The number of phenols is 2. The maximum Gasteiger partial charge on any atom is 0.294 e. The van der Waals surface area contributed by atoms with E-state index in [-0.39, 0.29) is 89.9 Å². The number of benzene rings is 6. The van der Waals surface area contributed by atoms with Gasteiger partial charge in [0.2, 0.25) is 0 Å². The van der Waals surface area contributed by atoms with Crippen LogP contribution < -0.4 is 30.5 Å². The van der Waals surface area contributed by atoms with Gasteiger partial charge in [0.1, 0.15) is 34.5 Å². The number of hydrogen-bond acceptors (Lipinski definition) is 14. The topological polar surface area (TPSA) is 335 Å². The molecule has 8 N–H and O–H groups in total. The van der Waals surface area contributed by atoms with Crippen LogP contribution in [0.4, 0.5) is 0 Å². The normalized spacial score (nSPS) is 13.4. The van der Waals surface area contributed by atoms with Crippen molar-refractivity contribution in [3.05, 3.63) is 163 Å². The Labute approximate surface area is 570 Å². The quantitative estimate of drug-likeness (QED) is 0.0137. The van der Waals surface area contributed by atoms with Crippen molar-refractivity contribution in [2.45, 2.75) is 197 Å². The lowest BCUT2D eigenvalue weighted by atomic mass is 9.85. The molecule has 0 fully saturated rings. The molecule has 0 radical (unpaired) electrons. The van der Waals surface area contributed by atoms with Gasteiger partial charge in [0, 0.05) is 34.5 Å². The third-order valence-corrected chi connectivity index (χ3v) is 20.8. The van der Waals surface area contributed by atoms with E-state index in [0.717, 1.165) is 67.5 Å². The lowest BCUT2D eigenvalue weighted by Gasteiger charge is -2.25. The van der Waals surface area contributed by atoms with Crippen LogP contribution in [0.3, 0.4) is 0 Å². The Hall–Kier alpha value is -7.68. The van der Waals surface area contributed by atoms with Gasteiger partial charge in [-0.3, -0.25) is 27.8 Å². The summed E-state index contributed by atoms with van der Waals surface area (Å²) in [5, 5.41) is 27.6. The molecular weight excluding hydrogens is 1320 g/mol. The molecule has 0 bridgehead atoms. The molecule has 0 aromatic heterocycles. The smallest absolute Gasteiger partial charge is 0.294 e. The third-order valence-electron chi connectivity index (χ3n) is 17.4. The van der Waals surface area contributed by atoms with E-state index in [1.54, 1.807) is 18.3 Å². The van der Waals surface area contributed by atoms with Crippen LogP contribution >= 0.6 is 0 Å². The molecule has 1 aliphatic carbocycles. The van der Waals surface area contributed by atoms with Crippen molar-refractivity contribution >= 4 is 64.4 Å². The Balaban J connectivity index is 1.33. The highest BCUT2D eigenvalue weighted by Crippen LogP contribution is 2.46.